The lowest BCUT2D eigenvalue weighted by molar-refractivity contribution is -0.195. The monoisotopic (exact) mass is 707 g/mol. The Hall–Kier alpha value is -2.96. The van der Waals surface area contributed by atoms with Crippen LogP contribution in [0.15, 0.2) is 59.1 Å². The van der Waals surface area contributed by atoms with Gasteiger partial charge in [0.1, 0.15) is 11.9 Å². The highest BCUT2D eigenvalue weighted by Crippen LogP contribution is 2.56. The lowest BCUT2D eigenvalue weighted by Crippen LogP contribution is -2.63. The lowest BCUT2D eigenvalue weighted by atomic mass is 9.60. The maximum Gasteiger partial charge on any atom is 0.343 e. The minimum atomic E-state index is -2.12. The number of fused-ring (bicyclic) bond motifs is 4. The van der Waals surface area contributed by atoms with Gasteiger partial charge < -0.3 is 40.2 Å². The zero-order valence-corrected chi connectivity index (χ0v) is 30.4. The Labute approximate surface area is 301 Å². The average molecular weight is 708 g/mol. The fourth-order valence-corrected chi connectivity index (χ4v) is 11.3. The number of carbonyl (C=O) groups excluding carboxylic acids is 2. The molecule has 6 unspecified atom stereocenters. The predicted octanol–water partition coefficient (Wildman–Crippen LogP) is 3.24. The maximum atomic E-state index is 13.5. The molecular formula is C40H57N3O8. The van der Waals surface area contributed by atoms with Gasteiger partial charge in [0, 0.05) is 55.2 Å². The van der Waals surface area contributed by atoms with Crippen molar-refractivity contribution in [3.8, 4) is 0 Å². The number of rotatable bonds is 5. The summed E-state index contributed by atoms with van der Waals surface area (Å²) in [6.45, 7) is 3.40. The highest BCUT2D eigenvalue weighted by molar-refractivity contribution is 5.81. The predicted molar refractivity (Wildman–Crippen MR) is 190 cm³/mol. The van der Waals surface area contributed by atoms with E-state index in [1.807, 2.05) is 12.2 Å². The maximum absolute atomic E-state index is 13.5. The molecule has 2 bridgehead atoms. The smallest absolute Gasteiger partial charge is 0.343 e. The minimum absolute atomic E-state index is 0.0591. The molecule has 4 fully saturated rings. The van der Waals surface area contributed by atoms with Crippen LogP contribution in [-0.2, 0) is 23.8 Å². The Balaban J connectivity index is 1.41. The normalized spacial score (nSPS) is 41.0. The molecule has 0 aromatic heterocycles. The van der Waals surface area contributed by atoms with Gasteiger partial charge in [-0.2, -0.15) is 0 Å². The molecule has 7 rings (SSSR count). The van der Waals surface area contributed by atoms with Crippen LogP contribution in [0, 0.1) is 35.0 Å². The van der Waals surface area contributed by atoms with Crippen LogP contribution in [0.3, 0.4) is 0 Å². The molecule has 0 amide bonds. The number of piperidine rings is 1. The highest BCUT2D eigenvalue weighted by Gasteiger charge is 2.60. The molecule has 10 atom stereocenters. The molecule has 3 aliphatic carbocycles. The van der Waals surface area contributed by atoms with Gasteiger partial charge >= 0.3 is 11.9 Å². The molecule has 0 spiro atoms. The number of nitrogens with one attached hydrogen (secondary N) is 2. The molecule has 4 heterocycles. The number of hydrogen-bond acceptors (Lipinski definition) is 11. The number of hydrogen-bond donors (Lipinski definition) is 5. The zero-order chi connectivity index (χ0) is 35.9. The van der Waals surface area contributed by atoms with Crippen LogP contribution in [0.25, 0.3) is 0 Å². The Kier molecular flexibility index (Phi) is 10.6. The van der Waals surface area contributed by atoms with Gasteiger partial charge in [0.2, 0.25) is 5.60 Å². The van der Waals surface area contributed by atoms with E-state index in [0.717, 1.165) is 69.3 Å². The summed E-state index contributed by atoms with van der Waals surface area (Å²) in [5, 5.41) is 43.2. The van der Waals surface area contributed by atoms with E-state index < -0.39 is 35.3 Å². The van der Waals surface area contributed by atoms with Gasteiger partial charge in [-0.15, -0.1) is 0 Å². The van der Waals surface area contributed by atoms with Crippen molar-refractivity contribution < 1.29 is 39.1 Å². The fraction of sp³-hybridized carbons (Fsp3) is 0.700. The zero-order valence-electron chi connectivity index (χ0n) is 30.4. The van der Waals surface area contributed by atoms with E-state index >= 15 is 0 Å². The van der Waals surface area contributed by atoms with Gasteiger partial charge in [-0.25, -0.2) is 4.79 Å². The van der Waals surface area contributed by atoms with E-state index in [0.29, 0.717) is 37.0 Å². The van der Waals surface area contributed by atoms with Crippen molar-refractivity contribution in [2.45, 2.75) is 101 Å². The van der Waals surface area contributed by atoms with Crippen molar-refractivity contribution >= 4 is 11.9 Å². The average Bonchev–Trinajstić information content (AvgIpc) is 3.60. The summed E-state index contributed by atoms with van der Waals surface area (Å²) in [5.74, 6) is -0.358. The number of allylic oxidation sites excluding steroid dienone is 5. The van der Waals surface area contributed by atoms with Crippen LogP contribution in [0.5, 0.6) is 0 Å². The summed E-state index contributed by atoms with van der Waals surface area (Å²) in [5.41, 5.74) is -0.400. The first-order valence-corrected chi connectivity index (χ1v) is 19.2. The second-order valence-electron chi connectivity index (χ2n) is 16.1. The molecule has 4 aliphatic heterocycles. The van der Waals surface area contributed by atoms with Crippen molar-refractivity contribution in [3.05, 3.63) is 59.1 Å². The van der Waals surface area contributed by atoms with Crippen LogP contribution in [0.1, 0.15) is 71.1 Å². The molecular weight excluding hydrogens is 650 g/mol. The van der Waals surface area contributed by atoms with Gasteiger partial charge in [0.05, 0.1) is 19.6 Å². The minimum Gasteiger partial charge on any atom is -0.497 e. The molecule has 51 heavy (non-hydrogen) atoms. The summed E-state index contributed by atoms with van der Waals surface area (Å²) in [7, 11) is 2.87. The van der Waals surface area contributed by atoms with Crippen LogP contribution < -0.4 is 10.6 Å². The number of esters is 2. The molecule has 3 saturated heterocycles. The Morgan fingerprint density at radius 1 is 1.00 bits per heavy atom. The fourth-order valence-electron chi connectivity index (χ4n) is 11.3. The molecule has 0 aromatic carbocycles. The van der Waals surface area contributed by atoms with Crippen molar-refractivity contribution in [1.29, 1.82) is 0 Å². The van der Waals surface area contributed by atoms with Gasteiger partial charge in [0.25, 0.3) is 0 Å². The van der Waals surface area contributed by atoms with Crippen LogP contribution in [-0.4, -0.2) is 103 Å². The van der Waals surface area contributed by atoms with Gasteiger partial charge in [-0.05, 0) is 87.4 Å². The van der Waals surface area contributed by atoms with Gasteiger partial charge in [0.15, 0.2) is 6.29 Å². The molecule has 11 nitrogen and oxygen atoms in total. The summed E-state index contributed by atoms with van der Waals surface area (Å²) in [4.78, 5) is 28.5. The van der Waals surface area contributed by atoms with E-state index in [4.69, 9.17) is 14.2 Å². The highest BCUT2D eigenvalue weighted by atomic mass is 16.6. The van der Waals surface area contributed by atoms with E-state index in [1.54, 1.807) is 7.11 Å². The molecule has 1 saturated carbocycles. The van der Waals surface area contributed by atoms with E-state index in [-0.39, 0.29) is 36.4 Å². The molecule has 7 aliphatic rings. The Morgan fingerprint density at radius 3 is 2.57 bits per heavy atom. The first-order valence-electron chi connectivity index (χ1n) is 19.2. The summed E-state index contributed by atoms with van der Waals surface area (Å²) in [6, 6.07) is -0.446. The van der Waals surface area contributed by atoms with Crippen LogP contribution in [0.2, 0.25) is 0 Å². The van der Waals surface area contributed by atoms with Crippen LogP contribution in [0.4, 0.5) is 0 Å². The molecule has 11 heteroatoms. The van der Waals surface area contributed by atoms with Crippen molar-refractivity contribution in [3.63, 3.8) is 0 Å². The number of carbonyl (C=O) groups is 2. The third-order valence-corrected chi connectivity index (χ3v) is 13.3. The number of aliphatic hydroxyl groups is 3. The Bertz CT molecular complexity index is 1500. The third kappa shape index (κ3) is 6.51. The number of nitrogens with zero attached hydrogens (tertiary/aromatic N) is 1. The first kappa shape index (κ1) is 36.4. The number of β-amino-alcohol motifs (C(OH)–C–C–N with tert-alkyl or cyclic N) is 1. The second kappa shape index (κ2) is 14.8. The molecule has 0 aromatic rings. The van der Waals surface area contributed by atoms with Gasteiger partial charge in [-0.1, -0.05) is 49.6 Å². The van der Waals surface area contributed by atoms with E-state index in [9.17, 15) is 24.9 Å². The second-order valence-corrected chi connectivity index (χ2v) is 16.1. The van der Waals surface area contributed by atoms with E-state index in [1.165, 1.54) is 26.0 Å². The molecule has 0 radical (unpaired) electrons. The Morgan fingerprint density at radius 2 is 1.80 bits per heavy atom. The largest absolute Gasteiger partial charge is 0.497 e. The van der Waals surface area contributed by atoms with Crippen LogP contribution >= 0.6 is 0 Å². The lowest BCUT2D eigenvalue weighted by Gasteiger charge is -2.49. The SMILES string of the molecule is COC(=O)[C@]1(O)CNC2C=C(OC)C([C@@]3(C(O)O)CC4CCCC(CC5=C3NC/C=C\C=C/C5)C4)=CC2[C@@H]2CCN3CCCC(C23)[C@H]1OC(C)=O. The van der Waals surface area contributed by atoms with E-state index in [2.05, 4.69) is 39.8 Å². The number of ether oxygens (including phenoxy) is 3. The standard InChI is InChI=1S/C40H57N3O8/c1-24(44)51-36-29-13-9-16-43-17-14-28(34(29)43)30-20-31(33(49-2)21-32(30)42-23-40(36,48)38(47)50-3)39(37(45)46)22-26-11-8-10-25(18-26)19-27-12-6-4-5-7-15-41-35(27)39/h4-7,20-21,25-26,28-30,32,34,36-37,41-42,45-46,48H,8-19,22-23H2,1-3H3/b6-4-,7-5-,35-27?/t25?,26?,28-,29?,30?,32?,34?,36+,39-,40-/m0/s1. The first-order chi connectivity index (χ1) is 24.6. The van der Waals surface area contributed by atoms with Crippen molar-refractivity contribution in [2.75, 3.05) is 40.4 Å². The summed E-state index contributed by atoms with van der Waals surface area (Å²) < 4.78 is 17.3. The summed E-state index contributed by atoms with van der Waals surface area (Å²) >= 11 is 0. The topological polar surface area (TPSA) is 150 Å². The third-order valence-electron chi connectivity index (χ3n) is 13.3. The molecule has 5 N–H and O–H groups in total. The molecule has 280 valence electrons. The summed E-state index contributed by atoms with van der Waals surface area (Å²) in [6.07, 6.45) is 18.9. The number of methoxy groups -OCH3 is 2. The quantitative estimate of drug-likeness (QED) is 0.212. The van der Waals surface area contributed by atoms with Crippen molar-refractivity contribution in [1.82, 2.24) is 15.5 Å². The van der Waals surface area contributed by atoms with Crippen molar-refractivity contribution in [2.24, 2.45) is 35.0 Å². The van der Waals surface area contributed by atoms with Gasteiger partial charge in [-0.3, -0.25) is 9.69 Å². The number of aliphatic hydroxyl groups excluding tert-OH is 1.